The van der Waals surface area contributed by atoms with Crippen molar-refractivity contribution in [3.8, 4) is 0 Å². The average molecular weight is 515 g/mol. The summed E-state index contributed by atoms with van der Waals surface area (Å²) < 4.78 is 11.5. The number of ketones is 1. The van der Waals surface area contributed by atoms with E-state index >= 15 is 0 Å². The first kappa shape index (κ1) is 29.0. The smallest absolute Gasteiger partial charge is 0.309 e. The highest BCUT2D eigenvalue weighted by Gasteiger charge is 2.43. The van der Waals surface area contributed by atoms with Gasteiger partial charge in [-0.15, -0.1) is 0 Å². The van der Waals surface area contributed by atoms with Crippen molar-refractivity contribution >= 4 is 22.9 Å². The maximum atomic E-state index is 13.4. The van der Waals surface area contributed by atoms with Gasteiger partial charge in [0.1, 0.15) is 17.4 Å². The van der Waals surface area contributed by atoms with E-state index in [2.05, 4.69) is 11.1 Å². The minimum Gasteiger partial charge on any atom is -0.457 e. The number of fused-ring (bicyclic) bond motifs is 1. The van der Waals surface area contributed by atoms with Crippen molar-refractivity contribution in [2.24, 2.45) is 23.0 Å². The van der Waals surface area contributed by atoms with Crippen LogP contribution in [0.5, 0.6) is 0 Å². The molecular formula is C29H42N2O6. The molecule has 0 fully saturated rings. The Bertz CT molecular complexity index is 1120. The number of allylic oxidation sites excluding steroid dienone is 1. The largest absolute Gasteiger partial charge is 0.457 e. The number of aromatic nitrogens is 1. The van der Waals surface area contributed by atoms with Crippen molar-refractivity contribution in [2.45, 2.75) is 98.0 Å². The van der Waals surface area contributed by atoms with Crippen LogP contribution in [0.4, 0.5) is 0 Å². The Hall–Kier alpha value is -2.55. The molecule has 0 bridgehead atoms. The molecule has 0 saturated heterocycles. The SMILES string of the molecule is CCC1C(=O)C(C)(C)C(O)CC(=O)OC(c2ccc3oc(CN)nc3c2)C/C=C(\C)CCCC(C)C1O. The number of aliphatic hydroxyl groups excluding tert-OH is 2. The number of hydrogen-bond donors (Lipinski definition) is 3. The van der Waals surface area contributed by atoms with Gasteiger partial charge in [-0.25, -0.2) is 4.98 Å². The maximum absolute atomic E-state index is 13.4. The highest BCUT2D eigenvalue weighted by Crippen LogP contribution is 2.35. The molecule has 5 unspecified atom stereocenters. The molecule has 1 aliphatic rings. The van der Waals surface area contributed by atoms with E-state index in [1.165, 1.54) is 0 Å². The van der Waals surface area contributed by atoms with Crippen LogP contribution in [-0.2, 0) is 20.9 Å². The van der Waals surface area contributed by atoms with Gasteiger partial charge in [-0.2, -0.15) is 0 Å². The van der Waals surface area contributed by atoms with Crippen molar-refractivity contribution < 1.29 is 29.0 Å². The molecule has 1 aliphatic heterocycles. The molecule has 204 valence electrons. The topological polar surface area (TPSA) is 136 Å². The van der Waals surface area contributed by atoms with Crippen molar-refractivity contribution in [1.82, 2.24) is 4.98 Å². The third-order valence-electron chi connectivity index (χ3n) is 7.79. The van der Waals surface area contributed by atoms with Gasteiger partial charge in [0, 0.05) is 12.3 Å². The van der Waals surface area contributed by atoms with Gasteiger partial charge in [-0.1, -0.05) is 45.4 Å². The van der Waals surface area contributed by atoms with E-state index in [0.29, 0.717) is 29.8 Å². The number of benzene rings is 1. The molecule has 1 aromatic carbocycles. The molecule has 8 nitrogen and oxygen atoms in total. The summed E-state index contributed by atoms with van der Waals surface area (Å²) in [5.41, 5.74) is 7.59. The molecule has 0 saturated carbocycles. The van der Waals surface area contributed by atoms with Crippen LogP contribution in [0.2, 0.25) is 0 Å². The summed E-state index contributed by atoms with van der Waals surface area (Å²) in [6, 6.07) is 5.46. The van der Waals surface area contributed by atoms with Crippen LogP contribution in [0.15, 0.2) is 34.3 Å². The van der Waals surface area contributed by atoms with Gasteiger partial charge in [0.05, 0.1) is 30.6 Å². The zero-order chi connectivity index (χ0) is 27.3. The fraction of sp³-hybridized carbons (Fsp3) is 0.621. The van der Waals surface area contributed by atoms with Gasteiger partial charge in [-0.3, -0.25) is 9.59 Å². The molecule has 3 rings (SSSR count). The number of esters is 1. The van der Waals surface area contributed by atoms with Crippen molar-refractivity contribution in [3.05, 3.63) is 41.3 Å². The lowest BCUT2D eigenvalue weighted by Gasteiger charge is -2.35. The lowest BCUT2D eigenvalue weighted by atomic mass is 9.71. The molecule has 0 spiro atoms. The quantitative estimate of drug-likeness (QED) is 0.394. The van der Waals surface area contributed by atoms with Crippen molar-refractivity contribution in [2.75, 3.05) is 0 Å². The Kier molecular flexibility index (Phi) is 9.67. The molecular weight excluding hydrogens is 472 g/mol. The summed E-state index contributed by atoms with van der Waals surface area (Å²) in [5.74, 6) is -1.08. The second kappa shape index (κ2) is 12.3. The van der Waals surface area contributed by atoms with Crippen molar-refractivity contribution in [3.63, 3.8) is 0 Å². The van der Waals surface area contributed by atoms with E-state index in [0.717, 1.165) is 30.4 Å². The number of carbonyl (C=O) groups is 2. The number of nitrogens with zero attached hydrogens (tertiary/aromatic N) is 1. The zero-order valence-corrected chi connectivity index (χ0v) is 22.7. The molecule has 37 heavy (non-hydrogen) atoms. The van der Waals surface area contributed by atoms with Gasteiger partial charge < -0.3 is 25.1 Å². The van der Waals surface area contributed by atoms with E-state index in [1.54, 1.807) is 19.9 Å². The number of cyclic esters (lactones) is 1. The van der Waals surface area contributed by atoms with Crippen molar-refractivity contribution in [1.29, 1.82) is 0 Å². The summed E-state index contributed by atoms with van der Waals surface area (Å²) in [6.45, 7) is 9.33. The van der Waals surface area contributed by atoms with Crippen LogP contribution < -0.4 is 5.73 Å². The molecule has 1 aromatic heterocycles. The Balaban J connectivity index is 1.93. The van der Waals surface area contributed by atoms with E-state index in [1.807, 2.05) is 32.9 Å². The zero-order valence-electron chi connectivity index (χ0n) is 22.7. The summed E-state index contributed by atoms with van der Waals surface area (Å²) in [5, 5.41) is 22.0. The maximum Gasteiger partial charge on any atom is 0.309 e. The van der Waals surface area contributed by atoms with E-state index < -0.39 is 35.6 Å². The number of oxazole rings is 1. The van der Waals surface area contributed by atoms with Gasteiger partial charge in [0.25, 0.3) is 0 Å². The second-order valence-electron chi connectivity index (χ2n) is 11.0. The van der Waals surface area contributed by atoms with Crippen LogP contribution >= 0.6 is 0 Å². The van der Waals surface area contributed by atoms with E-state index in [4.69, 9.17) is 14.9 Å². The predicted octanol–water partition coefficient (Wildman–Crippen LogP) is 4.76. The Morgan fingerprint density at radius 1 is 1.22 bits per heavy atom. The molecule has 0 radical (unpaired) electrons. The molecule has 2 heterocycles. The summed E-state index contributed by atoms with van der Waals surface area (Å²) in [7, 11) is 0. The molecule has 0 aliphatic carbocycles. The number of carbonyl (C=O) groups excluding carboxylic acids is 2. The Morgan fingerprint density at radius 3 is 2.62 bits per heavy atom. The molecule has 4 N–H and O–H groups in total. The first-order valence-corrected chi connectivity index (χ1v) is 13.3. The number of ether oxygens (including phenoxy) is 1. The van der Waals surface area contributed by atoms with Crippen LogP contribution in [0.25, 0.3) is 11.1 Å². The van der Waals surface area contributed by atoms with E-state index in [9.17, 15) is 19.8 Å². The normalized spacial score (nSPS) is 30.1. The van der Waals surface area contributed by atoms with Gasteiger partial charge in [0.15, 0.2) is 5.58 Å². The minimum absolute atomic E-state index is 0.0622. The highest BCUT2D eigenvalue weighted by molar-refractivity contribution is 5.88. The summed E-state index contributed by atoms with van der Waals surface area (Å²) >= 11 is 0. The first-order valence-electron chi connectivity index (χ1n) is 13.3. The standard InChI is InChI=1S/C29H42N2O6/c1-6-20-27(34)18(3)9-7-8-17(2)10-12-22(37-26(33)15-24(32)29(4,5)28(20)35)19-11-13-23-21(14-19)31-25(16-30)36-23/h10-11,13-14,18,20,22,24,27,32,34H,6-9,12,15-16,30H2,1-5H3/b17-10+. The molecule has 5 atom stereocenters. The Labute approximate surface area is 219 Å². The predicted molar refractivity (Wildman–Crippen MR) is 141 cm³/mol. The lowest BCUT2D eigenvalue weighted by Crippen LogP contribution is -2.46. The number of aliphatic hydroxyl groups is 2. The molecule has 2 aromatic rings. The Morgan fingerprint density at radius 2 is 1.95 bits per heavy atom. The van der Waals surface area contributed by atoms with E-state index in [-0.39, 0.29) is 24.7 Å². The molecule has 8 heteroatoms. The van der Waals surface area contributed by atoms with Crippen LogP contribution in [0, 0.1) is 17.3 Å². The van der Waals surface area contributed by atoms with Gasteiger partial charge in [-0.05, 0) is 56.2 Å². The van der Waals surface area contributed by atoms with Crippen LogP contribution in [-0.4, -0.2) is 39.2 Å². The number of Topliss-reactive ketones (excluding diaryl/α,β-unsaturated/α-hetero) is 1. The third-order valence-corrected chi connectivity index (χ3v) is 7.79. The molecule has 0 amide bonds. The number of nitrogens with two attached hydrogens (primary N) is 1. The van der Waals surface area contributed by atoms with Gasteiger partial charge >= 0.3 is 5.97 Å². The van der Waals surface area contributed by atoms with Gasteiger partial charge in [0.2, 0.25) is 5.89 Å². The number of hydrogen-bond acceptors (Lipinski definition) is 8. The fourth-order valence-electron chi connectivity index (χ4n) is 5.06. The summed E-state index contributed by atoms with van der Waals surface area (Å²) in [6.07, 6.45) is 2.51. The minimum atomic E-state index is -1.25. The lowest BCUT2D eigenvalue weighted by molar-refractivity contribution is -0.156. The fourth-order valence-corrected chi connectivity index (χ4v) is 5.06. The number of rotatable bonds is 3. The third kappa shape index (κ3) is 6.86. The average Bonchev–Trinajstić information content (AvgIpc) is 3.28. The highest BCUT2D eigenvalue weighted by atomic mass is 16.5. The first-order chi connectivity index (χ1) is 17.5. The van der Waals surface area contributed by atoms with Crippen LogP contribution in [0.1, 0.15) is 90.7 Å². The van der Waals surface area contributed by atoms with Crippen LogP contribution in [0.3, 0.4) is 0 Å². The summed E-state index contributed by atoms with van der Waals surface area (Å²) in [4.78, 5) is 30.8. The monoisotopic (exact) mass is 514 g/mol. The second-order valence-corrected chi connectivity index (χ2v) is 11.0.